The van der Waals surface area contributed by atoms with Gasteiger partial charge in [0.25, 0.3) is 11.5 Å². The molecule has 0 spiro atoms. The molecule has 1 amide bonds. The van der Waals surface area contributed by atoms with Gasteiger partial charge in [-0.05, 0) is 76.5 Å². The summed E-state index contributed by atoms with van der Waals surface area (Å²) in [5.41, 5.74) is 2.76. The van der Waals surface area contributed by atoms with E-state index in [0.717, 1.165) is 11.1 Å². The Bertz CT molecular complexity index is 1810. The van der Waals surface area contributed by atoms with Crippen LogP contribution in [0.3, 0.4) is 0 Å². The van der Waals surface area contributed by atoms with Crippen LogP contribution in [0, 0.1) is 0 Å². The van der Waals surface area contributed by atoms with E-state index in [9.17, 15) is 9.59 Å². The van der Waals surface area contributed by atoms with Gasteiger partial charge in [0.1, 0.15) is 5.75 Å². The molecule has 1 aliphatic rings. The Balaban J connectivity index is 1.69. The van der Waals surface area contributed by atoms with E-state index >= 15 is 0 Å². The molecule has 0 saturated carbocycles. The molecule has 0 radical (unpaired) electrons. The highest BCUT2D eigenvalue weighted by Crippen LogP contribution is 2.36. The molecule has 1 aromatic heterocycles. The molecule has 0 aliphatic carbocycles. The molecule has 2 heterocycles. The maximum Gasteiger partial charge on any atom is 0.271 e. The number of thiazole rings is 1. The van der Waals surface area contributed by atoms with Crippen LogP contribution >= 0.6 is 27.3 Å². The number of hydrogen-bond donors (Lipinski definition) is 1. The van der Waals surface area contributed by atoms with Crippen molar-refractivity contribution in [1.29, 1.82) is 0 Å². The average molecular weight is 621 g/mol. The number of hydrogen-bond acceptors (Lipinski definition) is 7. The number of ether oxygens (including phenoxy) is 3. The number of carbonyl (C=O) groups excluding carboxylic acids is 1. The van der Waals surface area contributed by atoms with Gasteiger partial charge >= 0.3 is 0 Å². The minimum absolute atomic E-state index is 0.264. The molecule has 4 aromatic rings. The van der Waals surface area contributed by atoms with Gasteiger partial charge in [-0.3, -0.25) is 14.2 Å². The molecule has 0 unspecified atom stereocenters. The number of methoxy groups -OCH3 is 3. The van der Waals surface area contributed by atoms with E-state index in [2.05, 4.69) is 21.2 Å². The van der Waals surface area contributed by atoms with Crippen LogP contribution < -0.4 is 34.4 Å². The summed E-state index contributed by atoms with van der Waals surface area (Å²) in [4.78, 5) is 32.9. The van der Waals surface area contributed by atoms with E-state index < -0.39 is 6.04 Å². The Morgan fingerprint density at radius 1 is 1.02 bits per heavy atom. The normalized spacial score (nSPS) is 14.8. The second-order valence-electron chi connectivity index (χ2n) is 8.92. The van der Waals surface area contributed by atoms with Crippen molar-refractivity contribution < 1.29 is 19.0 Å². The molecule has 10 heteroatoms. The van der Waals surface area contributed by atoms with E-state index in [1.807, 2.05) is 60.7 Å². The van der Waals surface area contributed by atoms with Gasteiger partial charge in [0.15, 0.2) is 16.3 Å². The highest BCUT2D eigenvalue weighted by molar-refractivity contribution is 9.10. The number of benzene rings is 3. The van der Waals surface area contributed by atoms with E-state index in [-0.39, 0.29) is 11.5 Å². The highest BCUT2D eigenvalue weighted by Gasteiger charge is 2.32. The SMILES string of the molecule is COc1cccc([C@@H]2C(C(=O)Nc3ccccc3)=C(C)N=c3s/c(=C\c4cc(Br)c(OC)c(OC)c4)c(=O)n32)c1. The first-order valence-electron chi connectivity index (χ1n) is 12.3. The largest absolute Gasteiger partial charge is 0.497 e. The van der Waals surface area contributed by atoms with Crippen molar-refractivity contribution in [3.05, 3.63) is 113 Å². The zero-order valence-electron chi connectivity index (χ0n) is 22.2. The number of anilines is 1. The number of nitrogens with zero attached hydrogens (tertiary/aromatic N) is 2. The molecular formula is C30H26BrN3O5S. The molecule has 8 nitrogen and oxygen atoms in total. The van der Waals surface area contributed by atoms with Crippen molar-refractivity contribution in [3.8, 4) is 17.2 Å². The highest BCUT2D eigenvalue weighted by atomic mass is 79.9. The molecule has 3 aromatic carbocycles. The van der Waals surface area contributed by atoms with Crippen molar-refractivity contribution in [2.24, 2.45) is 4.99 Å². The minimum Gasteiger partial charge on any atom is -0.497 e. The summed E-state index contributed by atoms with van der Waals surface area (Å²) in [6.07, 6.45) is 1.78. The lowest BCUT2D eigenvalue weighted by Gasteiger charge is -2.25. The van der Waals surface area contributed by atoms with Crippen LogP contribution in [0.1, 0.15) is 24.1 Å². The Morgan fingerprint density at radius 2 is 1.80 bits per heavy atom. The molecule has 1 atom stereocenters. The van der Waals surface area contributed by atoms with Crippen LogP contribution in [0.25, 0.3) is 6.08 Å². The number of nitrogens with one attached hydrogen (secondary N) is 1. The maximum atomic E-state index is 14.0. The van der Waals surface area contributed by atoms with Crippen LogP contribution in [0.2, 0.25) is 0 Å². The molecule has 0 fully saturated rings. The van der Waals surface area contributed by atoms with Gasteiger partial charge in [-0.1, -0.05) is 41.7 Å². The van der Waals surface area contributed by atoms with Gasteiger partial charge in [-0.2, -0.15) is 0 Å². The lowest BCUT2D eigenvalue weighted by molar-refractivity contribution is -0.113. The van der Waals surface area contributed by atoms with Gasteiger partial charge < -0.3 is 19.5 Å². The third-order valence-corrected chi connectivity index (χ3v) is 8.03. The standard InChI is InChI=1S/C30H26BrN3O5S/c1-17-25(28(35)33-20-10-6-5-7-11-20)26(19-9-8-12-21(16-19)37-2)34-29(36)24(40-30(34)32-17)15-18-13-22(31)27(39-4)23(14-18)38-3/h5-16,26H,1-4H3,(H,33,35)/b24-15-/t26-/m1/s1. The number of amides is 1. The summed E-state index contributed by atoms with van der Waals surface area (Å²) in [5.74, 6) is 1.37. The number of rotatable bonds is 7. The Morgan fingerprint density at radius 3 is 2.50 bits per heavy atom. The lowest BCUT2D eigenvalue weighted by atomic mass is 9.95. The van der Waals surface area contributed by atoms with E-state index in [1.165, 1.54) is 11.3 Å². The van der Waals surface area contributed by atoms with Crippen molar-refractivity contribution in [3.63, 3.8) is 0 Å². The molecule has 1 N–H and O–H groups in total. The average Bonchev–Trinajstić information content (AvgIpc) is 3.26. The topological polar surface area (TPSA) is 91.2 Å². The Labute approximate surface area is 243 Å². The van der Waals surface area contributed by atoms with Crippen molar-refractivity contribution >= 4 is 44.9 Å². The van der Waals surface area contributed by atoms with Crippen molar-refractivity contribution in [2.75, 3.05) is 26.6 Å². The van der Waals surface area contributed by atoms with Crippen LogP contribution in [0.4, 0.5) is 5.69 Å². The summed E-state index contributed by atoms with van der Waals surface area (Å²) >= 11 is 4.77. The predicted molar refractivity (Wildman–Crippen MR) is 159 cm³/mol. The van der Waals surface area contributed by atoms with Crippen LogP contribution in [-0.2, 0) is 4.79 Å². The lowest BCUT2D eigenvalue weighted by Crippen LogP contribution is -2.40. The molecular weight excluding hydrogens is 594 g/mol. The zero-order chi connectivity index (χ0) is 28.4. The monoisotopic (exact) mass is 619 g/mol. The van der Waals surface area contributed by atoms with E-state index in [4.69, 9.17) is 19.2 Å². The summed E-state index contributed by atoms with van der Waals surface area (Å²) in [5, 5.41) is 2.96. The molecule has 0 bridgehead atoms. The van der Waals surface area contributed by atoms with Gasteiger partial charge in [-0.15, -0.1) is 0 Å². The zero-order valence-corrected chi connectivity index (χ0v) is 24.6. The number of allylic oxidation sites excluding steroid dienone is 1. The van der Waals surface area contributed by atoms with Crippen LogP contribution in [0.5, 0.6) is 17.2 Å². The summed E-state index contributed by atoms with van der Waals surface area (Å²) in [6.45, 7) is 1.79. The van der Waals surface area contributed by atoms with Gasteiger partial charge in [-0.25, -0.2) is 4.99 Å². The maximum absolute atomic E-state index is 14.0. The fourth-order valence-corrected chi connectivity index (χ4v) is 6.30. The second-order valence-corrected chi connectivity index (χ2v) is 10.8. The number of halogens is 1. The molecule has 5 rings (SSSR count). The minimum atomic E-state index is -0.714. The van der Waals surface area contributed by atoms with Gasteiger partial charge in [0, 0.05) is 5.69 Å². The third-order valence-electron chi connectivity index (χ3n) is 6.46. The summed E-state index contributed by atoms with van der Waals surface area (Å²) < 4.78 is 19.1. The predicted octanol–water partition coefficient (Wildman–Crippen LogP) is 4.66. The number of carbonyl (C=O) groups is 1. The van der Waals surface area contributed by atoms with Crippen LogP contribution in [-0.4, -0.2) is 31.8 Å². The first-order valence-corrected chi connectivity index (χ1v) is 13.9. The fourth-order valence-electron chi connectivity index (χ4n) is 4.63. The number of aromatic nitrogens is 1. The number of fused-ring (bicyclic) bond motifs is 1. The van der Waals surface area contributed by atoms with E-state index in [1.54, 1.807) is 45.0 Å². The first-order chi connectivity index (χ1) is 19.3. The quantitative estimate of drug-likeness (QED) is 0.325. The van der Waals surface area contributed by atoms with Crippen LogP contribution in [0.15, 0.2) is 92.3 Å². The molecule has 40 heavy (non-hydrogen) atoms. The van der Waals surface area contributed by atoms with Gasteiger partial charge in [0.05, 0.1) is 47.6 Å². The number of para-hydroxylation sites is 1. The smallest absolute Gasteiger partial charge is 0.271 e. The van der Waals surface area contributed by atoms with Crippen molar-refractivity contribution in [2.45, 2.75) is 13.0 Å². The molecule has 1 aliphatic heterocycles. The van der Waals surface area contributed by atoms with Gasteiger partial charge in [0.2, 0.25) is 0 Å². The Hall–Kier alpha value is -4.15. The summed E-state index contributed by atoms with van der Waals surface area (Å²) in [6, 6.07) is 19.5. The molecule has 204 valence electrons. The Kier molecular flexibility index (Phi) is 7.90. The summed E-state index contributed by atoms with van der Waals surface area (Å²) in [7, 11) is 4.70. The third kappa shape index (κ3) is 5.20. The van der Waals surface area contributed by atoms with E-state index in [0.29, 0.717) is 48.0 Å². The fraction of sp³-hybridized carbons (Fsp3) is 0.167. The van der Waals surface area contributed by atoms with Crippen molar-refractivity contribution in [1.82, 2.24) is 4.57 Å². The molecule has 0 saturated heterocycles. The second kappa shape index (κ2) is 11.5. The first kappa shape index (κ1) is 27.4.